The van der Waals surface area contributed by atoms with Gasteiger partial charge in [-0.2, -0.15) is 0 Å². The highest BCUT2D eigenvalue weighted by Gasteiger charge is 2.11. The molecule has 0 aliphatic rings. The topological polar surface area (TPSA) is 155 Å². The van der Waals surface area contributed by atoms with Crippen molar-refractivity contribution in [3.63, 3.8) is 0 Å². The number of aromatic nitrogens is 1. The number of aromatic hydroxyl groups is 1. The lowest BCUT2D eigenvalue weighted by Crippen LogP contribution is -2.23. The van der Waals surface area contributed by atoms with Gasteiger partial charge in [0.25, 0.3) is 0 Å². The predicted octanol–water partition coefficient (Wildman–Crippen LogP) is 2.15. The van der Waals surface area contributed by atoms with Crippen molar-refractivity contribution >= 4 is 10.0 Å². The Bertz CT molecular complexity index is 971. The molecule has 0 fully saturated rings. The van der Waals surface area contributed by atoms with Gasteiger partial charge in [-0.05, 0) is 68.5 Å². The summed E-state index contributed by atoms with van der Waals surface area (Å²) in [5.41, 5.74) is 1.54. The molecule has 34 heavy (non-hydrogen) atoms. The molecule has 0 saturated heterocycles. The minimum Gasteiger partial charge on any atom is -0.506 e. The first-order valence-corrected chi connectivity index (χ1v) is 13.2. The Hall–Kier alpha value is -2.08. The SMILES string of the molecule is NS(=O)(=O)c1cccc(CCCCOCCCCCCNCC(O)c2ccc(O)c(CO)n2)c1. The summed E-state index contributed by atoms with van der Waals surface area (Å²) in [6.45, 7) is 2.19. The number of aliphatic hydroxyl groups excluding tert-OH is 2. The zero-order valence-electron chi connectivity index (χ0n) is 19.5. The molecule has 0 aliphatic heterocycles. The third kappa shape index (κ3) is 10.5. The number of nitrogens with two attached hydrogens (primary N) is 1. The zero-order valence-corrected chi connectivity index (χ0v) is 20.3. The van der Waals surface area contributed by atoms with Gasteiger partial charge in [0.05, 0.1) is 17.2 Å². The Kier molecular flexibility index (Phi) is 12.4. The van der Waals surface area contributed by atoms with E-state index in [1.54, 1.807) is 18.2 Å². The predicted molar refractivity (Wildman–Crippen MR) is 130 cm³/mol. The summed E-state index contributed by atoms with van der Waals surface area (Å²) in [4.78, 5) is 4.21. The fourth-order valence-corrected chi connectivity index (χ4v) is 4.06. The van der Waals surface area contributed by atoms with Gasteiger partial charge in [-0.1, -0.05) is 25.0 Å². The van der Waals surface area contributed by atoms with E-state index in [0.29, 0.717) is 18.8 Å². The number of primary sulfonamides is 1. The smallest absolute Gasteiger partial charge is 0.238 e. The molecule has 0 saturated carbocycles. The lowest BCUT2D eigenvalue weighted by molar-refractivity contribution is 0.126. The minimum absolute atomic E-state index is 0.0801. The van der Waals surface area contributed by atoms with Crippen molar-refractivity contribution in [2.75, 3.05) is 26.3 Å². The molecule has 9 nitrogen and oxygen atoms in total. The first-order chi connectivity index (χ1) is 16.3. The van der Waals surface area contributed by atoms with E-state index in [9.17, 15) is 18.6 Å². The molecule has 2 aromatic rings. The van der Waals surface area contributed by atoms with Crippen molar-refractivity contribution in [1.82, 2.24) is 10.3 Å². The average Bonchev–Trinajstić information content (AvgIpc) is 2.81. The molecule has 1 atom stereocenters. The van der Waals surface area contributed by atoms with Gasteiger partial charge in [0, 0.05) is 19.8 Å². The maximum absolute atomic E-state index is 11.4. The van der Waals surface area contributed by atoms with Crippen LogP contribution >= 0.6 is 0 Å². The number of aryl methyl sites for hydroxylation is 1. The molecule has 0 bridgehead atoms. The summed E-state index contributed by atoms with van der Waals surface area (Å²) in [5, 5.41) is 37.2. The number of hydrogen-bond donors (Lipinski definition) is 5. The van der Waals surface area contributed by atoms with E-state index in [4.69, 9.17) is 15.0 Å². The molecule has 0 spiro atoms. The largest absolute Gasteiger partial charge is 0.506 e. The number of unbranched alkanes of at least 4 members (excludes halogenated alkanes) is 4. The van der Waals surface area contributed by atoms with Gasteiger partial charge >= 0.3 is 0 Å². The maximum atomic E-state index is 11.4. The van der Waals surface area contributed by atoms with Gasteiger partial charge in [0.1, 0.15) is 17.5 Å². The standard InChI is InChI=1S/C24H37N3O6S/c25-34(31,32)20-10-7-9-19(16-20)8-3-6-15-33-14-5-2-1-4-13-26-17-24(30)21-11-12-23(29)22(18-28)27-21/h7,9-12,16,24,26,28-30H,1-6,8,13-15,17-18H2,(H2,25,31,32). The molecular formula is C24H37N3O6S. The highest BCUT2D eigenvalue weighted by Crippen LogP contribution is 2.18. The number of hydrogen-bond acceptors (Lipinski definition) is 8. The number of pyridine rings is 1. The van der Waals surface area contributed by atoms with Crippen LogP contribution in [-0.4, -0.2) is 55.0 Å². The fourth-order valence-electron chi connectivity index (χ4n) is 3.48. The highest BCUT2D eigenvalue weighted by atomic mass is 32.2. The van der Waals surface area contributed by atoms with E-state index in [0.717, 1.165) is 63.7 Å². The van der Waals surface area contributed by atoms with E-state index in [1.165, 1.54) is 12.1 Å². The van der Waals surface area contributed by atoms with Gasteiger partial charge in [0.2, 0.25) is 10.0 Å². The van der Waals surface area contributed by atoms with Crippen LogP contribution in [0.15, 0.2) is 41.3 Å². The quantitative estimate of drug-likeness (QED) is 0.209. The molecule has 1 unspecified atom stereocenters. The Labute approximate surface area is 202 Å². The number of nitrogens with one attached hydrogen (secondary N) is 1. The van der Waals surface area contributed by atoms with E-state index < -0.39 is 16.1 Å². The fraction of sp³-hybridized carbons (Fsp3) is 0.542. The van der Waals surface area contributed by atoms with Crippen LogP contribution in [0.1, 0.15) is 61.6 Å². The van der Waals surface area contributed by atoms with Crippen LogP contribution in [0.5, 0.6) is 5.75 Å². The molecular weight excluding hydrogens is 458 g/mol. The molecule has 1 aromatic carbocycles. The van der Waals surface area contributed by atoms with E-state index in [-0.39, 0.29) is 22.9 Å². The third-order valence-electron chi connectivity index (χ3n) is 5.42. The number of aliphatic hydroxyl groups is 2. The van der Waals surface area contributed by atoms with Crippen molar-refractivity contribution in [3.8, 4) is 5.75 Å². The summed E-state index contributed by atoms with van der Waals surface area (Å²) in [6.07, 6.45) is 5.98. The Balaban J connectivity index is 1.43. The molecule has 190 valence electrons. The van der Waals surface area contributed by atoms with Crippen molar-refractivity contribution in [3.05, 3.63) is 53.3 Å². The normalized spacial score (nSPS) is 12.7. The lowest BCUT2D eigenvalue weighted by Gasteiger charge is -2.13. The summed E-state index contributed by atoms with van der Waals surface area (Å²) in [7, 11) is -3.66. The molecule has 10 heteroatoms. The maximum Gasteiger partial charge on any atom is 0.238 e. The number of ether oxygens (including phenoxy) is 1. The minimum atomic E-state index is -3.66. The van der Waals surface area contributed by atoms with Crippen molar-refractivity contribution in [1.29, 1.82) is 0 Å². The summed E-state index contributed by atoms with van der Waals surface area (Å²) in [5.74, 6) is -0.0801. The van der Waals surface area contributed by atoms with Crippen LogP contribution in [0.3, 0.4) is 0 Å². The van der Waals surface area contributed by atoms with Gasteiger partial charge < -0.3 is 25.4 Å². The van der Waals surface area contributed by atoms with Gasteiger partial charge in [-0.3, -0.25) is 0 Å². The molecule has 0 radical (unpaired) electrons. The average molecular weight is 496 g/mol. The van der Waals surface area contributed by atoms with E-state index >= 15 is 0 Å². The van der Waals surface area contributed by atoms with Crippen LogP contribution in [0.4, 0.5) is 0 Å². The zero-order chi connectivity index (χ0) is 24.8. The third-order valence-corrected chi connectivity index (χ3v) is 6.33. The number of nitrogens with zero attached hydrogens (tertiary/aromatic N) is 1. The monoisotopic (exact) mass is 495 g/mol. The van der Waals surface area contributed by atoms with Crippen LogP contribution in [0.2, 0.25) is 0 Å². The van der Waals surface area contributed by atoms with Crippen molar-refractivity contribution < 1.29 is 28.5 Å². The molecule has 2 rings (SSSR count). The van der Waals surface area contributed by atoms with E-state index in [2.05, 4.69) is 10.3 Å². The van der Waals surface area contributed by atoms with Gasteiger partial charge in [-0.25, -0.2) is 18.5 Å². The number of rotatable bonds is 17. The second-order valence-corrected chi connectivity index (χ2v) is 9.82. The van der Waals surface area contributed by atoms with Crippen LogP contribution in [-0.2, 0) is 27.8 Å². The van der Waals surface area contributed by atoms with Crippen LogP contribution in [0.25, 0.3) is 0 Å². The van der Waals surface area contributed by atoms with Gasteiger partial charge in [-0.15, -0.1) is 0 Å². The molecule has 1 aromatic heterocycles. The van der Waals surface area contributed by atoms with Crippen LogP contribution < -0.4 is 10.5 Å². The molecule has 0 aliphatic carbocycles. The Morgan fingerprint density at radius 3 is 2.50 bits per heavy atom. The molecule has 6 N–H and O–H groups in total. The first-order valence-electron chi connectivity index (χ1n) is 11.7. The van der Waals surface area contributed by atoms with Crippen molar-refractivity contribution in [2.45, 2.75) is 62.6 Å². The lowest BCUT2D eigenvalue weighted by atomic mass is 10.1. The number of sulfonamides is 1. The molecule has 0 amide bonds. The van der Waals surface area contributed by atoms with Crippen molar-refractivity contribution in [2.24, 2.45) is 5.14 Å². The highest BCUT2D eigenvalue weighted by molar-refractivity contribution is 7.89. The first kappa shape index (κ1) is 28.2. The number of benzene rings is 1. The Morgan fingerprint density at radius 1 is 1.03 bits per heavy atom. The van der Waals surface area contributed by atoms with E-state index in [1.807, 2.05) is 6.07 Å². The molecule has 1 heterocycles. The summed E-state index contributed by atoms with van der Waals surface area (Å²) >= 11 is 0. The van der Waals surface area contributed by atoms with Crippen LogP contribution in [0, 0.1) is 0 Å². The summed E-state index contributed by atoms with van der Waals surface area (Å²) in [6, 6.07) is 9.72. The van der Waals surface area contributed by atoms with Gasteiger partial charge in [0.15, 0.2) is 0 Å². The Morgan fingerprint density at radius 2 is 1.76 bits per heavy atom. The summed E-state index contributed by atoms with van der Waals surface area (Å²) < 4.78 is 28.5. The second-order valence-electron chi connectivity index (χ2n) is 8.26. The second kappa shape index (κ2) is 15.0.